The van der Waals surface area contributed by atoms with Gasteiger partial charge in [0.15, 0.2) is 0 Å². The van der Waals surface area contributed by atoms with Crippen LogP contribution in [0.25, 0.3) is 0 Å². The first kappa shape index (κ1) is 11.3. The number of thioether (sulfide) groups is 1. The number of aliphatic hydroxyl groups excluding tert-OH is 2. The van der Waals surface area contributed by atoms with E-state index in [-0.39, 0.29) is 6.61 Å². The Bertz CT molecular complexity index is 285. The molecule has 6 heteroatoms. The second kappa shape index (κ2) is 5.82. The van der Waals surface area contributed by atoms with Gasteiger partial charge in [0.1, 0.15) is 5.82 Å². The molecule has 0 spiro atoms. The van der Waals surface area contributed by atoms with Crippen LogP contribution in [0.5, 0.6) is 0 Å². The normalized spacial score (nSPS) is 12.5. The maximum absolute atomic E-state index is 9.12. The topological polar surface area (TPSA) is 91.4 Å². The number of hydrogen-bond donors (Lipinski definition) is 4. The van der Waals surface area contributed by atoms with Crippen LogP contribution >= 0.6 is 11.8 Å². The number of aliphatic hydroxyl groups is 2. The molecule has 78 valence electrons. The molecule has 0 aromatic carbocycles. The Kier molecular flexibility index (Phi) is 4.68. The van der Waals surface area contributed by atoms with Crippen LogP contribution in [0.15, 0.2) is 23.2 Å². The van der Waals surface area contributed by atoms with E-state index in [1.165, 1.54) is 11.8 Å². The van der Waals surface area contributed by atoms with E-state index in [2.05, 4.69) is 10.4 Å². The van der Waals surface area contributed by atoms with Gasteiger partial charge < -0.3 is 15.6 Å². The molecule has 0 saturated carbocycles. The molecule has 0 aliphatic heterocycles. The van der Waals surface area contributed by atoms with Gasteiger partial charge in [0.2, 0.25) is 0 Å². The number of hydrogen-bond acceptors (Lipinski definition) is 6. The third kappa shape index (κ3) is 3.51. The van der Waals surface area contributed by atoms with Crippen LogP contribution in [0.4, 0.5) is 5.82 Å². The van der Waals surface area contributed by atoms with Gasteiger partial charge in [-0.3, -0.25) is 0 Å². The lowest BCUT2D eigenvalue weighted by molar-refractivity contribution is 0.113. The number of nitrogens with one attached hydrogen (secondary N) is 1. The van der Waals surface area contributed by atoms with Crippen molar-refractivity contribution in [2.75, 3.05) is 17.8 Å². The van der Waals surface area contributed by atoms with E-state index in [4.69, 9.17) is 16.1 Å². The fraction of sp³-hybridized carbons (Fsp3) is 0.375. The number of anilines is 1. The van der Waals surface area contributed by atoms with Gasteiger partial charge in [-0.1, -0.05) is 0 Å². The van der Waals surface area contributed by atoms with E-state index in [0.717, 1.165) is 4.90 Å². The monoisotopic (exact) mass is 215 g/mol. The number of nitrogens with two attached hydrogens (primary N) is 1. The van der Waals surface area contributed by atoms with Gasteiger partial charge >= 0.3 is 0 Å². The number of rotatable bonds is 5. The number of pyridine rings is 1. The number of nitrogens with zero attached hydrogens (tertiary/aromatic N) is 1. The SMILES string of the molecule is NNc1cc(SCC(O)CO)ccn1. The highest BCUT2D eigenvalue weighted by Gasteiger charge is 2.03. The summed E-state index contributed by atoms with van der Waals surface area (Å²) in [5, 5.41) is 17.7. The Morgan fingerprint density at radius 3 is 3.07 bits per heavy atom. The van der Waals surface area contributed by atoms with Gasteiger partial charge in [0.05, 0.1) is 12.7 Å². The lowest BCUT2D eigenvalue weighted by Crippen LogP contribution is -2.14. The van der Waals surface area contributed by atoms with Crippen LogP contribution in [-0.4, -0.2) is 33.7 Å². The molecule has 5 nitrogen and oxygen atoms in total. The Morgan fingerprint density at radius 1 is 1.64 bits per heavy atom. The second-order valence-corrected chi connectivity index (χ2v) is 3.76. The van der Waals surface area contributed by atoms with Crippen LogP contribution in [0.1, 0.15) is 0 Å². The standard InChI is InChI=1S/C8H13N3O2S/c9-11-8-3-7(1-2-10-8)14-5-6(13)4-12/h1-3,6,12-13H,4-5,9H2,(H,10,11). The molecule has 0 aliphatic rings. The zero-order valence-corrected chi connectivity index (χ0v) is 8.37. The average molecular weight is 215 g/mol. The zero-order valence-electron chi connectivity index (χ0n) is 7.55. The largest absolute Gasteiger partial charge is 0.394 e. The lowest BCUT2D eigenvalue weighted by Gasteiger charge is -2.07. The van der Waals surface area contributed by atoms with Crippen LogP contribution in [-0.2, 0) is 0 Å². The zero-order chi connectivity index (χ0) is 10.4. The van der Waals surface area contributed by atoms with Gasteiger partial charge in [0.25, 0.3) is 0 Å². The summed E-state index contributed by atoms with van der Waals surface area (Å²) in [4.78, 5) is 4.89. The molecule has 0 fully saturated rings. The predicted octanol–water partition coefficient (Wildman–Crippen LogP) is -0.188. The highest BCUT2D eigenvalue weighted by molar-refractivity contribution is 7.99. The minimum atomic E-state index is -0.692. The van der Waals surface area contributed by atoms with Crippen molar-refractivity contribution in [1.82, 2.24) is 4.98 Å². The third-order valence-electron chi connectivity index (χ3n) is 1.53. The highest BCUT2D eigenvalue weighted by Crippen LogP contribution is 2.20. The molecular formula is C8H13N3O2S. The van der Waals surface area contributed by atoms with Crippen LogP contribution < -0.4 is 11.3 Å². The maximum Gasteiger partial charge on any atom is 0.140 e. The number of hydrazine groups is 1. The molecule has 0 radical (unpaired) electrons. The minimum absolute atomic E-state index is 0.222. The van der Waals surface area contributed by atoms with Crippen molar-refractivity contribution in [2.24, 2.45) is 5.84 Å². The molecule has 14 heavy (non-hydrogen) atoms. The Morgan fingerprint density at radius 2 is 2.43 bits per heavy atom. The summed E-state index contributed by atoms with van der Waals surface area (Å²) in [6, 6.07) is 3.59. The molecule has 0 bridgehead atoms. The summed E-state index contributed by atoms with van der Waals surface area (Å²) in [6.07, 6.45) is 0.936. The summed E-state index contributed by atoms with van der Waals surface area (Å²) < 4.78 is 0. The van der Waals surface area contributed by atoms with Gasteiger partial charge in [0, 0.05) is 16.8 Å². The minimum Gasteiger partial charge on any atom is -0.394 e. The fourth-order valence-electron chi connectivity index (χ4n) is 0.825. The summed E-state index contributed by atoms with van der Waals surface area (Å²) in [5.41, 5.74) is 2.43. The molecule has 1 atom stereocenters. The van der Waals surface area contributed by atoms with Gasteiger partial charge in [-0.15, -0.1) is 11.8 Å². The summed E-state index contributed by atoms with van der Waals surface area (Å²) >= 11 is 1.44. The number of nitrogen functional groups attached to an aromatic ring is 1. The third-order valence-corrected chi connectivity index (χ3v) is 2.67. The van der Waals surface area contributed by atoms with Crippen molar-refractivity contribution in [3.63, 3.8) is 0 Å². The second-order valence-electron chi connectivity index (χ2n) is 2.67. The summed E-state index contributed by atoms with van der Waals surface area (Å²) in [5.74, 6) is 6.22. The molecule has 0 amide bonds. The van der Waals surface area contributed by atoms with Crippen molar-refractivity contribution in [3.8, 4) is 0 Å². The number of aromatic nitrogens is 1. The Labute approximate surface area is 86.3 Å². The molecule has 0 saturated heterocycles. The lowest BCUT2D eigenvalue weighted by atomic mass is 10.4. The maximum atomic E-state index is 9.12. The summed E-state index contributed by atoms with van der Waals surface area (Å²) in [7, 11) is 0. The van der Waals surface area contributed by atoms with E-state index >= 15 is 0 Å². The molecule has 0 aliphatic carbocycles. The van der Waals surface area contributed by atoms with Crippen molar-refractivity contribution in [1.29, 1.82) is 0 Å². The van der Waals surface area contributed by atoms with Gasteiger partial charge in [-0.05, 0) is 12.1 Å². The quantitative estimate of drug-likeness (QED) is 0.309. The van der Waals surface area contributed by atoms with Gasteiger partial charge in [-0.25, -0.2) is 10.8 Å². The molecule has 1 unspecified atom stereocenters. The van der Waals surface area contributed by atoms with Crippen LogP contribution in [0.2, 0.25) is 0 Å². The van der Waals surface area contributed by atoms with Crippen molar-refractivity contribution < 1.29 is 10.2 Å². The molecule has 1 aromatic heterocycles. The van der Waals surface area contributed by atoms with E-state index in [1.807, 2.05) is 6.07 Å². The highest BCUT2D eigenvalue weighted by atomic mass is 32.2. The first-order valence-corrected chi connectivity index (χ1v) is 5.09. The van der Waals surface area contributed by atoms with Crippen molar-refractivity contribution in [2.45, 2.75) is 11.0 Å². The molecule has 1 heterocycles. The molecular weight excluding hydrogens is 202 g/mol. The molecule has 5 N–H and O–H groups in total. The Balaban J connectivity index is 2.50. The Hall–Kier alpha value is -0.820. The van der Waals surface area contributed by atoms with Crippen LogP contribution in [0, 0.1) is 0 Å². The first-order chi connectivity index (χ1) is 6.76. The molecule has 1 rings (SSSR count). The van der Waals surface area contributed by atoms with Crippen molar-refractivity contribution in [3.05, 3.63) is 18.3 Å². The van der Waals surface area contributed by atoms with E-state index in [9.17, 15) is 0 Å². The average Bonchev–Trinajstić information content (AvgIpc) is 2.26. The van der Waals surface area contributed by atoms with Crippen molar-refractivity contribution >= 4 is 17.6 Å². The van der Waals surface area contributed by atoms with Gasteiger partial charge in [-0.2, -0.15) is 0 Å². The predicted molar refractivity (Wildman–Crippen MR) is 55.9 cm³/mol. The summed E-state index contributed by atoms with van der Waals surface area (Å²) in [6.45, 7) is -0.222. The van der Waals surface area contributed by atoms with E-state index < -0.39 is 6.10 Å². The smallest absolute Gasteiger partial charge is 0.140 e. The fourth-order valence-corrected chi connectivity index (χ4v) is 1.67. The molecule has 1 aromatic rings. The van der Waals surface area contributed by atoms with E-state index in [0.29, 0.717) is 11.6 Å². The first-order valence-electron chi connectivity index (χ1n) is 4.10. The van der Waals surface area contributed by atoms with E-state index in [1.54, 1.807) is 12.3 Å². The van der Waals surface area contributed by atoms with Crippen LogP contribution in [0.3, 0.4) is 0 Å².